The van der Waals surface area contributed by atoms with Crippen molar-refractivity contribution in [1.82, 2.24) is 9.97 Å². The molecule has 0 saturated carbocycles. The van der Waals surface area contributed by atoms with Crippen molar-refractivity contribution in [3.8, 4) is 6.07 Å². The van der Waals surface area contributed by atoms with Crippen LogP contribution in [0.25, 0.3) is 22.7 Å². The van der Waals surface area contributed by atoms with Gasteiger partial charge in [0.1, 0.15) is 11.9 Å². The normalized spacial score (nSPS) is 11.6. The molecule has 29 heavy (non-hydrogen) atoms. The Hall–Kier alpha value is -3.29. The van der Waals surface area contributed by atoms with E-state index >= 15 is 0 Å². The van der Waals surface area contributed by atoms with Crippen LogP contribution in [0.3, 0.4) is 0 Å². The van der Waals surface area contributed by atoms with Gasteiger partial charge < -0.3 is 4.98 Å². The number of imidazole rings is 1. The molecule has 3 nitrogen and oxygen atoms in total. The van der Waals surface area contributed by atoms with E-state index in [9.17, 15) is 5.26 Å². The summed E-state index contributed by atoms with van der Waals surface area (Å²) in [5, 5.41) is 9.66. The van der Waals surface area contributed by atoms with Crippen molar-refractivity contribution >= 4 is 34.4 Å². The minimum absolute atomic E-state index is 0.524. The first-order chi connectivity index (χ1) is 14.0. The van der Waals surface area contributed by atoms with Crippen molar-refractivity contribution in [2.24, 2.45) is 0 Å². The molecule has 0 bridgehead atoms. The van der Waals surface area contributed by atoms with Crippen LogP contribution in [0.5, 0.6) is 0 Å². The van der Waals surface area contributed by atoms with Crippen molar-refractivity contribution < 1.29 is 0 Å². The molecule has 0 radical (unpaired) electrons. The van der Waals surface area contributed by atoms with E-state index in [1.807, 2.05) is 18.2 Å². The monoisotopic (exact) mass is 395 g/mol. The second-order valence-corrected chi connectivity index (χ2v) is 8.34. The standard InChI is InChI=1S/C25H21N3S/c1-16-4-8-21(9-5-16)29-22-10-6-19(7-11-22)14-20(15-26)25-27-23-12-17(2)18(3)13-24(23)28-25/h4-14H,1-3H3,(H,27,28)/b20-14-. The number of hydrogen-bond acceptors (Lipinski definition) is 3. The maximum Gasteiger partial charge on any atom is 0.149 e. The van der Waals surface area contributed by atoms with Crippen LogP contribution in [0.4, 0.5) is 0 Å². The molecule has 0 saturated heterocycles. The number of aryl methyl sites for hydroxylation is 3. The van der Waals surface area contributed by atoms with Crippen molar-refractivity contribution in [3.63, 3.8) is 0 Å². The summed E-state index contributed by atoms with van der Waals surface area (Å²) in [6, 6.07) is 23.1. The van der Waals surface area contributed by atoms with Crippen LogP contribution in [-0.2, 0) is 0 Å². The summed E-state index contributed by atoms with van der Waals surface area (Å²) in [5.74, 6) is 0.602. The van der Waals surface area contributed by atoms with Gasteiger partial charge in [-0.05, 0) is 79.9 Å². The molecule has 4 aromatic rings. The molecule has 1 N–H and O–H groups in total. The molecule has 0 amide bonds. The molecule has 0 fully saturated rings. The topological polar surface area (TPSA) is 52.5 Å². The fourth-order valence-electron chi connectivity index (χ4n) is 3.09. The van der Waals surface area contributed by atoms with E-state index in [4.69, 9.17) is 0 Å². The Morgan fingerprint density at radius 2 is 1.55 bits per heavy atom. The number of nitrogens with one attached hydrogen (secondary N) is 1. The van der Waals surface area contributed by atoms with E-state index in [0.717, 1.165) is 16.6 Å². The van der Waals surface area contributed by atoms with Crippen LogP contribution in [0, 0.1) is 32.1 Å². The average Bonchev–Trinajstić information content (AvgIpc) is 3.12. The molecule has 4 heteroatoms. The fourth-order valence-corrected chi connectivity index (χ4v) is 3.91. The maximum absolute atomic E-state index is 9.66. The Kier molecular flexibility index (Phi) is 5.24. The summed E-state index contributed by atoms with van der Waals surface area (Å²) in [6.07, 6.45) is 1.87. The van der Waals surface area contributed by atoms with Gasteiger partial charge in [0.25, 0.3) is 0 Å². The van der Waals surface area contributed by atoms with Crippen molar-refractivity contribution in [1.29, 1.82) is 5.26 Å². The van der Waals surface area contributed by atoms with Gasteiger partial charge in [-0.1, -0.05) is 41.6 Å². The van der Waals surface area contributed by atoms with Gasteiger partial charge in [-0.15, -0.1) is 0 Å². The fraction of sp³-hybridized carbons (Fsp3) is 0.120. The van der Waals surface area contributed by atoms with Gasteiger partial charge in [0.05, 0.1) is 16.6 Å². The zero-order chi connectivity index (χ0) is 20.4. The summed E-state index contributed by atoms with van der Waals surface area (Å²) in [4.78, 5) is 10.3. The van der Waals surface area contributed by atoms with E-state index in [0.29, 0.717) is 11.4 Å². The number of hydrogen-bond donors (Lipinski definition) is 1. The number of benzene rings is 3. The van der Waals surface area contributed by atoms with E-state index in [1.54, 1.807) is 11.8 Å². The second-order valence-electron chi connectivity index (χ2n) is 7.19. The lowest BCUT2D eigenvalue weighted by Crippen LogP contribution is -1.85. The minimum Gasteiger partial charge on any atom is -0.337 e. The molecule has 3 aromatic carbocycles. The van der Waals surface area contributed by atoms with Crippen LogP contribution in [0.15, 0.2) is 70.5 Å². The van der Waals surface area contributed by atoms with Gasteiger partial charge in [-0.3, -0.25) is 0 Å². The molecule has 0 spiro atoms. The van der Waals surface area contributed by atoms with Crippen LogP contribution < -0.4 is 0 Å². The number of aromatic nitrogens is 2. The second kappa shape index (κ2) is 7.98. The number of H-pyrrole nitrogens is 1. The predicted molar refractivity (Wildman–Crippen MR) is 121 cm³/mol. The first kappa shape index (κ1) is 19.0. The van der Waals surface area contributed by atoms with Gasteiger partial charge in [-0.25, -0.2) is 4.98 Å². The van der Waals surface area contributed by atoms with E-state index in [1.165, 1.54) is 26.5 Å². The molecule has 1 heterocycles. The molecular weight excluding hydrogens is 374 g/mol. The number of aromatic amines is 1. The van der Waals surface area contributed by atoms with Gasteiger partial charge in [0, 0.05) is 9.79 Å². The Bertz CT molecular complexity index is 1200. The molecule has 0 aliphatic heterocycles. The average molecular weight is 396 g/mol. The van der Waals surface area contributed by atoms with Crippen LogP contribution in [0.1, 0.15) is 28.1 Å². The molecule has 142 valence electrons. The highest BCUT2D eigenvalue weighted by molar-refractivity contribution is 7.99. The molecule has 0 atom stereocenters. The number of allylic oxidation sites excluding steroid dienone is 1. The van der Waals surface area contributed by atoms with Crippen LogP contribution in [0.2, 0.25) is 0 Å². The first-order valence-electron chi connectivity index (χ1n) is 9.45. The third kappa shape index (κ3) is 4.26. The summed E-state index contributed by atoms with van der Waals surface area (Å²) in [6.45, 7) is 6.24. The Balaban J connectivity index is 1.58. The summed E-state index contributed by atoms with van der Waals surface area (Å²) < 4.78 is 0. The highest BCUT2D eigenvalue weighted by Gasteiger charge is 2.09. The van der Waals surface area contributed by atoms with E-state index in [2.05, 4.69) is 85.3 Å². The number of nitriles is 1. The molecule has 1 aromatic heterocycles. The predicted octanol–water partition coefficient (Wildman–Crippen LogP) is 6.70. The summed E-state index contributed by atoms with van der Waals surface area (Å²) in [5.41, 5.74) is 6.99. The SMILES string of the molecule is Cc1ccc(Sc2ccc(/C=C(/C#N)c3nc4cc(C)c(C)cc4[nH]3)cc2)cc1. The van der Waals surface area contributed by atoms with Gasteiger partial charge >= 0.3 is 0 Å². The molecular formula is C25H21N3S. The first-order valence-corrected chi connectivity index (χ1v) is 10.3. The lowest BCUT2D eigenvalue weighted by molar-refractivity contribution is 1.27. The molecule has 0 aliphatic rings. The summed E-state index contributed by atoms with van der Waals surface area (Å²) in [7, 11) is 0. The van der Waals surface area contributed by atoms with Crippen molar-refractivity contribution in [2.45, 2.75) is 30.6 Å². The Morgan fingerprint density at radius 3 is 2.21 bits per heavy atom. The van der Waals surface area contributed by atoms with Crippen molar-refractivity contribution in [3.05, 3.63) is 88.7 Å². The van der Waals surface area contributed by atoms with Crippen LogP contribution in [-0.4, -0.2) is 9.97 Å². The molecule has 4 rings (SSSR count). The Labute approximate surface area is 175 Å². The van der Waals surface area contributed by atoms with Gasteiger partial charge in [0.15, 0.2) is 0 Å². The zero-order valence-electron chi connectivity index (χ0n) is 16.7. The number of fused-ring (bicyclic) bond motifs is 1. The van der Waals surface area contributed by atoms with Gasteiger partial charge in [0.2, 0.25) is 0 Å². The molecule has 0 aliphatic carbocycles. The van der Waals surface area contributed by atoms with Crippen molar-refractivity contribution in [2.75, 3.05) is 0 Å². The zero-order valence-corrected chi connectivity index (χ0v) is 17.5. The molecule has 0 unspecified atom stereocenters. The summed E-state index contributed by atoms with van der Waals surface area (Å²) >= 11 is 1.73. The van der Waals surface area contributed by atoms with E-state index in [-0.39, 0.29) is 0 Å². The van der Waals surface area contributed by atoms with Crippen LogP contribution >= 0.6 is 11.8 Å². The van der Waals surface area contributed by atoms with E-state index < -0.39 is 0 Å². The third-order valence-electron chi connectivity index (χ3n) is 4.92. The highest BCUT2D eigenvalue weighted by atomic mass is 32.2. The smallest absolute Gasteiger partial charge is 0.149 e. The minimum atomic E-state index is 0.524. The number of nitrogens with zero attached hydrogens (tertiary/aromatic N) is 2. The lowest BCUT2D eigenvalue weighted by Gasteiger charge is -2.03. The Morgan fingerprint density at radius 1 is 0.931 bits per heavy atom. The van der Waals surface area contributed by atoms with Gasteiger partial charge in [-0.2, -0.15) is 5.26 Å². The lowest BCUT2D eigenvalue weighted by atomic mass is 10.1. The number of rotatable bonds is 4. The largest absolute Gasteiger partial charge is 0.337 e. The highest BCUT2D eigenvalue weighted by Crippen LogP contribution is 2.29. The quantitative estimate of drug-likeness (QED) is 0.391. The maximum atomic E-state index is 9.66. The third-order valence-corrected chi connectivity index (χ3v) is 5.94.